The lowest BCUT2D eigenvalue weighted by molar-refractivity contribution is -0.122. The molecule has 2 aliphatic heterocycles. The van der Waals surface area contributed by atoms with Gasteiger partial charge in [-0.2, -0.15) is 8.42 Å². The first-order chi connectivity index (χ1) is 7.38. The second-order valence-electron chi connectivity index (χ2n) is 3.16. The fourth-order valence-electron chi connectivity index (χ4n) is 1.14. The Morgan fingerprint density at radius 2 is 2.19 bits per heavy atom. The molecule has 9 heteroatoms. The van der Waals surface area contributed by atoms with Crippen molar-refractivity contribution >= 4 is 27.8 Å². The van der Waals surface area contributed by atoms with Crippen LogP contribution in [0.2, 0.25) is 0 Å². The molecule has 16 heavy (non-hydrogen) atoms. The molecule has 1 fully saturated rings. The van der Waals surface area contributed by atoms with Crippen LogP contribution >= 0.6 is 11.8 Å². The third-order valence-corrected chi connectivity index (χ3v) is 2.53. The van der Waals surface area contributed by atoms with Crippen molar-refractivity contribution in [2.75, 3.05) is 25.2 Å². The Labute approximate surface area is 98.0 Å². The molecule has 2 heterocycles. The minimum absolute atomic E-state index is 0.0246. The molecule has 0 unspecified atom stereocenters. The summed E-state index contributed by atoms with van der Waals surface area (Å²) in [5.41, 5.74) is 6.17. The van der Waals surface area contributed by atoms with Gasteiger partial charge in [-0.25, -0.2) is 5.43 Å². The molecule has 3 N–H and O–H groups in total. The molecule has 0 aromatic carbocycles. The molecular weight excluding hydrogens is 254 g/mol. The van der Waals surface area contributed by atoms with E-state index < -0.39 is 10.1 Å². The first-order valence-electron chi connectivity index (χ1n) is 4.40. The molecule has 92 valence electrons. The highest BCUT2D eigenvalue weighted by Gasteiger charge is 2.23. The van der Waals surface area contributed by atoms with Gasteiger partial charge in [-0.3, -0.25) is 14.8 Å². The molecule has 0 spiro atoms. The number of nitrogens with zero attached hydrogens (tertiary/aromatic N) is 1. The van der Waals surface area contributed by atoms with E-state index in [0.29, 0.717) is 6.26 Å². The minimum atomic E-state index is -3.67. The van der Waals surface area contributed by atoms with Crippen molar-refractivity contribution < 1.29 is 17.8 Å². The van der Waals surface area contributed by atoms with Crippen LogP contribution in [0.5, 0.6) is 0 Å². The zero-order valence-electron chi connectivity index (χ0n) is 8.63. The van der Waals surface area contributed by atoms with Crippen molar-refractivity contribution in [2.45, 2.75) is 0 Å². The molecule has 1 saturated heterocycles. The van der Waals surface area contributed by atoms with Crippen molar-refractivity contribution in [3.63, 3.8) is 0 Å². The van der Waals surface area contributed by atoms with Crippen LogP contribution in [0.4, 0.5) is 0 Å². The lowest BCUT2D eigenvalue weighted by Gasteiger charge is -2.33. The van der Waals surface area contributed by atoms with Crippen molar-refractivity contribution in [3.05, 3.63) is 11.1 Å². The van der Waals surface area contributed by atoms with Crippen LogP contribution in [-0.4, -0.2) is 49.0 Å². The van der Waals surface area contributed by atoms with Gasteiger partial charge in [0.05, 0.1) is 12.9 Å². The molecule has 0 saturated carbocycles. The topological polar surface area (TPSA) is 98.7 Å². The maximum Gasteiger partial charge on any atom is 0.282 e. The van der Waals surface area contributed by atoms with Gasteiger partial charge in [-0.15, -0.1) is 11.8 Å². The molecule has 0 bridgehead atoms. The summed E-state index contributed by atoms with van der Waals surface area (Å²) in [5, 5.41) is 1.92. The Kier molecular flexibility index (Phi) is 4.59. The highest BCUT2D eigenvalue weighted by Crippen LogP contribution is 2.18. The quantitative estimate of drug-likeness (QED) is 0.483. The zero-order chi connectivity index (χ0) is 12.2. The van der Waals surface area contributed by atoms with Gasteiger partial charge in [0.25, 0.3) is 16.0 Å². The van der Waals surface area contributed by atoms with Gasteiger partial charge in [-0.05, 0) is 0 Å². The van der Waals surface area contributed by atoms with E-state index in [1.807, 2.05) is 10.3 Å². The number of rotatable bonds is 0. The summed E-state index contributed by atoms with van der Waals surface area (Å²) in [6, 6.07) is 0. The lowest BCUT2D eigenvalue weighted by atomic mass is 10.3. The summed E-state index contributed by atoms with van der Waals surface area (Å²) >= 11 is 1.69. The number of carbonyl (C=O) groups excluding carboxylic acids is 1. The smallest absolute Gasteiger partial charge is 0.282 e. The van der Waals surface area contributed by atoms with Crippen LogP contribution in [0.3, 0.4) is 0 Å². The second-order valence-corrected chi connectivity index (χ2v) is 5.60. The highest BCUT2D eigenvalue weighted by molar-refractivity contribution is 8.02. The van der Waals surface area contributed by atoms with Crippen molar-refractivity contribution in [2.24, 2.45) is 0 Å². The van der Waals surface area contributed by atoms with Crippen LogP contribution in [0, 0.1) is 0 Å². The predicted octanol–water partition coefficient (Wildman–Crippen LogP) is -1.03. The van der Waals surface area contributed by atoms with Gasteiger partial charge in [0, 0.05) is 17.7 Å². The average Bonchev–Trinajstić information content (AvgIpc) is 2.16. The number of amides is 1. The number of fused-ring (bicyclic) bond motifs is 1. The third kappa shape index (κ3) is 4.84. The Morgan fingerprint density at radius 3 is 2.75 bits per heavy atom. The van der Waals surface area contributed by atoms with Crippen molar-refractivity contribution in [1.29, 1.82) is 0 Å². The van der Waals surface area contributed by atoms with Crippen LogP contribution in [-0.2, 0) is 14.9 Å². The van der Waals surface area contributed by atoms with E-state index in [-0.39, 0.29) is 5.91 Å². The van der Waals surface area contributed by atoms with Gasteiger partial charge in [0.1, 0.15) is 5.70 Å². The molecule has 7 nitrogen and oxygen atoms in total. The molecular formula is C7H13N3O4S2. The van der Waals surface area contributed by atoms with E-state index >= 15 is 0 Å². The van der Waals surface area contributed by atoms with Crippen LogP contribution < -0.4 is 10.9 Å². The Morgan fingerprint density at radius 1 is 1.56 bits per heavy atom. The normalized spacial score (nSPS) is 20.0. The van der Waals surface area contributed by atoms with Gasteiger partial charge in [0.2, 0.25) is 0 Å². The van der Waals surface area contributed by atoms with Gasteiger partial charge < -0.3 is 4.90 Å². The standard InChI is InChI=1S/C6H9N3OS.CH4O3S/c10-6-5-3-11-2-1-9(5)4-7-8-6;1-5(2,3)4/h3,7H,1-2,4H2,(H,8,10);1H3,(H,2,3,4). The van der Waals surface area contributed by atoms with E-state index in [9.17, 15) is 13.2 Å². The fraction of sp³-hybridized carbons (Fsp3) is 0.571. The van der Waals surface area contributed by atoms with Crippen LogP contribution in [0.15, 0.2) is 11.1 Å². The van der Waals surface area contributed by atoms with Crippen LogP contribution in [0.1, 0.15) is 0 Å². The first-order valence-corrected chi connectivity index (χ1v) is 7.30. The Bertz CT molecular complexity index is 384. The van der Waals surface area contributed by atoms with E-state index in [1.54, 1.807) is 11.8 Å². The van der Waals surface area contributed by atoms with Gasteiger partial charge in [0.15, 0.2) is 0 Å². The number of thioether (sulfide) groups is 1. The van der Waals surface area contributed by atoms with E-state index in [0.717, 1.165) is 24.7 Å². The second kappa shape index (κ2) is 5.53. The number of hydrogen-bond donors (Lipinski definition) is 3. The number of hydrogen-bond acceptors (Lipinski definition) is 6. The zero-order valence-corrected chi connectivity index (χ0v) is 10.3. The van der Waals surface area contributed by atoms with Gasteiger partial charge in [-0.1, -0.05) is 0 Å². The summed E-state index contributed by atoms with van der Waals surface area (Å²) in [6.45, 7) is 1.68. The Hall–Kier alpha value is -0.770. The van der Waals surface area contributed by atoms with E-state index in [2.05, 4.69) is 10.9 Å². The molecule has 0 aromatic heterocycles. The number of nitrogens with one attached hydrogen (secondary N) is 2. The molecule has 0 aromatic rings. The molecule has 1 amide bonds. The number of hydrazine groups is 1. The molecule has 0 radical (unpaired) electrons. The molecule has 0 aliphatic carbocycles. The predicted molar refractivity (Wildman–Crippen MR) is 60.9 cm³/mol. The summed E-state index contributed by atoms with van der Waals surface area (Å²) < 4.78 is 25.9. The average molecular weight is 267 g/mol. The SMILES string of the molecule is CS(=O)(=O)O.O=C1NNCN2CCSC=C12. The maximum atomic E-state index is 11.1. The Balaban J connectivity index is 0.000000221. The third-order valence-electron chi connectivity index (χ3n) is 1.72. The van der Waals surface area contributed by atoms with E-state index in [1.165, 1.54) is 0 Å². The summed E-state index contributed by atoms with van der Waals surface area (Å²) in [5.74, 6) is 1.04. The maximum absolute atomic E-state index is 11.1. The lowest BCUT2D eigenvalue weighted by Crippen LogP contribution is -2.54. The minimum Gasteiger partial charge on any atom is -0.351 e. The fourth-order valence-corrected chi connectivity index (χ4v) is 1.99. The monoisotopic (exact) mass is 267 g/mol. The van der Waals surface area contributed by atoms with Crippen molar-refractivity contribution in [1.82, 2.24) is 15.8 Å². The molecule has 0 atom stereocenters. The van der Waals surface area contributed by atoms with Gasteiger partial charge >= 0.3 is 0 Å². The molecule has 2 rings (SSSR count). The number of carbonyl (C=O) groups is 1. The van der Waals surface area contributed by atoms with Crippen LogP contribution in [0.25, 0.3) is 0 Å². The molecule has 2 aliphatic rings. The summed E-state index contributed by atoms with van der Waals surface area (Å²) in [4.78, 5) is 13.2. The van der Waals surface area contributed by atoms with E-state index in [4.69, 9.17) is 4.55 Å². The summed E-state index contributed by atoms with van der Waals surface area (Å²) in [7, 11) is -3.67. The summed E-state index contributed by atoms with van der Waals surface area (Å²) in [6.07, 6.45) is 0.715. The largest absolute Gasteiger partial charge is 0.351 e. The van der Waals surface area contributed by atoms with Crippen molar-refractivity contribution in [3.8, 4) is 0 Å². The highest BCUT2D eigenvalue weighted by atomic mass is 32.2. The first kappa shape index (κ1) is 13.3.